The fourth-order valence-corrected chi connectivity index (χ4v) is 5.59. The number of guanidine groups is 1. The molecule has 1 aliphatic rings. The lowest BCUT2D eigenvalue weighted by molar-refractivity contribution is 0.281. The number of nitrogens with zero attached hydrogens (tertiary/aromatic N) is 2. The molecule has 9 heteroatoms. The van der Waals surface area contributed by atoms with Crippen LogP contribution in [0.1, 0.15) is 30.2 Å². The van der Waals surface area contributed by atoms with Crippen molar-refractivity contribution in [2.45, 2.75) is 37.6 Å². The molecule has 29 heavy (non-hydrogen) atoms. The fourth-order valence-electron chi connectivity index (χ4n) is 3.28. The van der Waals surface area contributed by atoms with Gasteiger partial charge in [-0.05, 0) is 54.3 Å². The summed E-state index contributed by atoms with van der Waals surface area (Å²) in [4.78, 5) is 5.98. The molecule has 3 N–H and O–H groups in total. The topological polar surface area (TPSA) is 87.8 Å². The maximum Gasteiger partial charge on any atom is 0.243 e. The van der Waals surface area contributed by atoms with Gasteiger partial charge in [-0.25, -0.2) is 13.4 Å². The SMILES string of the molecule is CC1CCCN(S(=O)(=O)c2ccc(CN=C(N)NCCc3cccs3)cc2)C1.I. The quantitative estimate of drug-likeness (QED) is 0.316. The van der Waals surface area contributed by atoms with Crippen LogP contribution in [0.2, 0.25) is 0 Å². The molecule has 0 spiro atoms. The molecule has 1 aromatic carbocycles. The highest BCUT2D eigenvalue weighted by molar-refractivity contribution is 14.0. The van der Waals surface area contributed by atoms with Crippen molar-refractivity contribution >= 4 is 51.3 Å². The highest BCUT2D eigenvalue weighted by atomic mass is 127. The first kappa shape index (κ1) is 24.1. The highest BCUT2D eigenvalue weighted by Crippen LogP contribution is 2.23. The normalized spacial score (nSPS) is 18.2. The Hall–Kier alpha value is -1.17. The molecule has 1 aromatic heterocycles. The summed E-state index contributed by atoms with van der Waals surface area (Å²) in [5, 5.41) is 5.16. The van der Waals surface area contributed by atoms with E-state index in [0.29, 0.717) is 36.4 Å². The van der Waals surface area contributed by atoms with Gasteiger partial charge in [-0.3, -0.25) is 0 Å². The Bertz CT molecular complexity index is 884. The number of rotatable bonds is 7. The van der Waals surface area contributed by atoms with Crippen LogP contribution in [0.5, 0.6) is 0 Å². The summed E-state index contributed by atoms with van der Waals surface area (Å²) >= 11 is 1.73. The molecule has 0 bridgehead atoms. The molecule has 160 valence electrons. The number of sulfonamides is 1. The second-order valence-corrected chi connectivity index (χ2v) is 10.2. The second kappa shape index (κ2) is 11.3. The molecule has 0 amide bonds. The van der Waals surface area contributed by atoms with Gasteiger partial charge in [0.2, 0.25) is 10.0 Å². The third-order valence-electron chi connectivity index (χ3n) is 4.87. The van der Waals surface area contributed by atoms with Crippen LogP contribution in [-0.2, 0) is 23.0 Å². The molecule has 1 atom stereocenters. The summed E-state index contributed by atoms with van der Waals surface area (Å²) in [5.41, 5.74) is 6.84. The van der Waals surface area contributed by atoms with Crippen LogP contribution < -0.4 is 11.1 Å². The van der Waals surface area contributed by atoms with Crippen molar-refractivity contribution in [3.05, 3.63) is 52.2 Å². The Morgan fingerprint density at radius 3 is 2.72 bits per heavy atom. The second-order valence-electron chi connectivity index (χ2n) is 7.21. The number of hydrogen-bond acceptors (Lipinski definition) is 4. The standard InChI is InChI=1S/C20H28N4O2S2.HI/c1-16-4-2-12-24(15-16)28(25,26)19-8-6-17(7-9-19)14-23-20(21)22-11-10-18-5-3-13-27-18;/h3,5-9,13,16H,2,4,10-12,14-15H2,1H3,(H3,21,22,23);1H. The van der Waals surface area contributed by atoms with Gasteiger partial charge in [0.25, 0.3) is 0 Å². The van der Waals surface area contributed by atoms with E-state index in [2.05, 4.69) is 28.7 Å². The Balaban J connectivity index is 0.00000300. The van der Waals surface area contributed by atoms with Crippen molar-refractivity contribution in [1.29, 1.82) is 0 Å². The summed E-state index contributed by atoms with van der Waals surface area (Å²) in [6.45, 7) is 4.45. The summed E-state index contributed by atoms with van der Waals surface area (Å²) in [5.74, 6) is 0.808. The van der Waals surface area contributed by atoms with E-state index in [1.165, 1.54) is 4.88 Å². The smallest absolute Gasteiger partial charge is 0.243 e. The van der Waals surface area contributed by atoms with E-state index in [-0.39, 0.29) is 24.0 Å². The average molecular weight is 549 g/mol. The summed E-state index contributed by atoms with van der Waals surface area (Å²) in [6, 6.07) is 11.1. The summed E-state index contributed by atoms with van der Waals surface area (Å²) in [6.07, 6.45) is 2.92. The first-order chi connectivity index (χ1) is 13.4. The number of thiophene rings is 1. The largest absolute Gasteiger partial charge is 0.370 e. The number of aliphatic imine (C=N–C) groups is 1. The van der Waals surface area contributed by atoms with Gasteiger partial charge < -0.3 is 11.1 Å². The molecule has 1 unspecified atom stereocenters. The Labute approximate surface area is 194 Å². The van der Waals surface area contributed by atoms with Gasteiger partial charge in [-0.1, -0.05) is 25.1 Å². The van der Waals surface area contributed by atoms with Crippen LogP contribution in [-0.4, -0.2) is 38.3 Å². The minimum Gasteiger partial charge on any atom is -0.370 e. The zero-order chi connectivity index (χ0) is 20.0. The third-order valence-corrected chi connectivity index (χ3v) is 7.69. The number of piperidine rings is 1. The van der Waals surface area contributed by atoms with Crippen molar-refractivity contribution in [1.82, 2.24) is 9.62 Å². The van der Waals surface area contributed by atoms with Gasteiger partial charge in [0, 0.05) is 24.5 Å². The molecule has 2 aromatic rings. The maximum absolute atomic E-state index is 12.8. The molecule has 0 saturated carbocycles. The van der Waals surface area contributed by atoms with Gasteiger partial charge >= 0.3 is 0 Å². The lowest BCUT2D eigenvalue weighted by atomic mass is 10.0. The van der Waals surface area contributed by atoms with E-state index in [0.717, 1.165) is 31.4 Å². The molecule has 1 fully saturated rings. The molecular weight excluding hydrogens is 519 g/mol. The van der Waals surface area contributed by atoms with Crippen molar-refractivity contribution in [3.8, 4) is 0 Å². The van der Waals surface area contributed by atoms with E-state index in [1.54, 1.807) is 27.8 Å². The molecule has 0 radical (unpaired) electrons. The van der Waals surface area contributed by atoms with Gasteiger partial charge in [0.1, 0.15) is 0 Å². The van der Waals surface area contributed by atoms with Crippen LogP contribution in [0.4, 0.5) is 0 Å². The first-order valence-corrected chi connectivity index (χ1v) is 11.9. The third kappa shape index (κ3) is 6.94. The van der Waals surface area contributed by atoms with E-state index >= 15 is 0 Å². The number of nitrogens with one attached hydrogen (secondary N) is 1. The summed E-state index contributed by atoms with van der Waals surface area (Å²) in [7, 11) is -3.42. The van der Waals surface area contributed by atoms with E-state index < -0.39 is 10.0 Å². The lowest BCUT2D eigenvalue weighted by Gasteiger charge is -2.30. The van der Waals surface area contributed by atoms with Crippen molar-refractivity contribution in [2.24, 2.45) is 16.6 Å². The molecule has 2 heterocycles. The highest BCUT2D eigenvalue weighted by Gasteiger charge is 2.28. The molecule has 0 aliphatic carbocycles. The predicted molar refractivity (Wildman–Crippen MR) is 130 cm³/mol. The van der Waals surface area contributed by atoms with Gasteiger partial charge in [-0.15, -0.1) is 35.3 Å². The van der Waals surface area contributed by atoms with Gasteiger partial charge in [0.05, 0.1) is 11.4 Å². The van der Waals surface area contributed by atoms with Crippen LogP contribution >= 0.6 is 35.3 Å². The fraction of sp³-hybridized carbons (Fsp3) is 0.450. The maximum atomic E-state index is 12.8. The van der Waals surface area contributed by atoms with Crippen molar-refractivity contribution in [3.63, 3.8) is 0 Å². The average Bonchev–Trinajstić information content (AvgIpc) is 3.20. The molecule has 1 aliphatic heterocycles. The minimum absolute atomic E-state index is 0. The molecule has 3 rings (SSSR count). The number of halogens is 1. The van der Waals surface area contributed by atoms with E-state index in [9.17, 15) is 8.42 Å². The zero-order valence-corrected chi connectivity index (χ0v) is 20.5. The molecule has 1 saturated heterocycles. The zero-order valence-electron chi connectivity index (χ0n) is 16.6. The van der Waals surface area contributed by atoms with Crippen LogP contribution in [0.3, 0.4) is 0 Å². The molecular formula is C20H29IN4O2S2. The van der Waals surface area contributed by atoms with Crippen molar-refractivity contribution in [2.75, 3.05) is 19.6 Å². The first-order valence-electron chi connectivity index (χ1n) is 9.60. The predicted octanol–water partition coefficient (Wildman–Crippen LogP) is 3.43. The van der Waals surface area contributed by atoms with E-state index in [1.807, 2.05) is 18.2 Å². The Kier molecular flexibility index (Phi) is 9.38. The van der Waals surface area contributed by atoms with Gasteiger partial charge in [-0.2, -0.15) is 4.31 Å². The number of hydrogen-bond donors (Lipinski definition) is 2. The Morgan fingerprint density at radius 2 is 2.07 bits per heavy atom. The Morgan fingerprint density at radius 1 is 1.31 bits per heavy atom. The van der Waals surface area contributed by atoms with E-state index in [4.69, 9.17) is 5.73 Å². The monoisotopic (exact) mass is 548 g/mol. The van der Waals surface area contributed by atoms with Crippen molar-refractivity contribution < 1.29 is 8.42 Å². The molecule has 6 nitrogen and oxygen atoms in total. The number of benzene rings is 1. The van der Waals surface area contributed by atoms with Crippen LogP contribution in [0.15, 0.2) is 51.7 Å². The minimum atomic E-state index is -3.42. The van der Waals surface area contributed by atoms with Crippen LogP contribution in [0.25, 0.3) is 0 Å². The summed E-state index contributed by atoms with van der Waals surface area (Å²) < 4.78 is 27.2. The lowest BCUT2D eigenvalue weighted by Crippen LogP contribution is -2.39. The van der Waals surface area contributed by atoms with Gasteiger partial charge in [0.15, 0.2) is 5.96 Å². The number of nitrogens with two attached hydrogens (primary N) is 1. The van der Waals surface area contributed by atoms with Crippen LogP contribution in [0, 0.1) is 5.92 Å².